The third-order valence-corrected chi connectivity index (χ3v) is 5.56. The molecule has 0 saturated carbocycles. The van der Waals surface area contributed by atoms with Gasteiger partial charge in [-0.2, -0.15) is 35.9 Å². The largest absolute Gasteiger partial charge is 0.481 e. The Balaban J connectivity index is 0. The van der Waals surface area contributed by atoms with Crippen LogP contribution in [0.1, 0.15) is 58.6 Å². The van der Waals surface area contributed by atoms with Crippen molar-refractivity contribution in [2.45, 2.75) is 66.2 Å². The number of rotatable bonds is 12. The molecule has 0 spiro atoms. The molecule has 2 aromatic carbocycles. The van der Waals surface area contributed by atoms with Crippen LogP contribution in [0.5, 0.6) is 11.5 Å². The lowest BCUT2D eigenvalue weighted by molar-refractivity contribution is -0.386. The summed E-state index contributed by atoms with van der Waals surface area (Å²) in [6, 6.07) is 6.72. The second-order valence-corrected chi connectivity index (χ2v) is 11.0. The Morgan fingerprint density at radius 1 is 0.792 bits per heavy atom. The van der Waals surface area contributed by atoms with E-state index < -0.39 is 87.5 Å². The molecule has 2 aromatic rings. The smallest absolute Gasteiger partial charge is 0.422 e. The molecule has 22 heteroatoms. The molecular formula is C31H36F6N2O14. The molecule has 0 fully saturated rings. The van der Waals surface area contributed by atoms with Crippen LogP contribution in [-0.2, 0) is 39.9 Å². The predicted molar refractivity (Wildman–Crippen MR) is 167 cm³/mol. The summed E-state index contributed by atoms with van der Waals surface area (Å²) in [6.45, 7) is 6.55. The van der Waals surface area contributed by atoms with Crippen molar-refractivity contribution >= 4 is 35.4 Å². The highest BCUT2D eigenvalue weighted by Gasteiger charge is 2.36. The van der Waals surface area contributed by atoms with Crippen LogP contribution < -0.4 is 9.47 Å². The minimum absolute atomic E-state index is 0.135. The number of ether oxygens (including phenoxy) is 4. The van der Waals surface area contributed by atoms with Crippen LogP contribution in [-0.4, -0.2) is 77.8 Å². The molecule has 0 aliphatic rings. The standard InChI is InChI=1S/C16H20F3NO5.C12H12F3NO5.C2H4O2.CO2/c1-5-24-14(21)13(15(2,3)4)10-6-7-11(20(22)23)12(8-10)25-9-16(17,18)19;1-2-20-11(17)6-8-3-4-9(16(18)19)10(5-8)21-7-12(13,14)15;1-2(3)4;2-1-3/h6-8,13H,5,9H2,1-4H3;3-5H,2,6-7H2,1H3;1H3,(H,3,4);. The van der Waals surface area contributed by atoms with E-state index in [1.807, 2.05) is 0 Å². The number of esters is 2. The summed E-state index contributed by atoms with van der Waals surface area (Å²) < 4.78 is 92.2. The fourth-order valence-corrected chi connectivity index (χ4v) is 3.82. The number of halogens is 6. The van der Waals surface area contributed by atoms with Crippen LogP contribution in [0.25, 0.3) is 0 Å². The van der Waals surface area contributed by atoms with Gasteiger partial charge in [-0.1, -0.05) is 32.9 Å². The van der Waals surface area contributed by atoms with E-state index in [0.29, 0.717) is 0 Å². The summed E-state index contributed by atoms with van der Waals surface area (Å²) in [5.74, 6) is -3.89. The van der Waals surface area contributed by atoms with E-state index in [4.69, 9.17) is 24.2 Å². The molecule has 2 rings (SSSR count). The van der Waals surface area contributed by atoms with Crippen molar-refractivity contribution in [2.24, 2.45) is 5.41 Å². The topological polar surface area (TPSA) is 229 Å². The first-order valence-electron chi connectivity index (χ1n) is 14.7. The van der Waals surface area contributed by atoms with Gasteiger partial charge in [0, 0.05) is 19.1 Å². The minimum atomic E-state index is -4.64. The number of aliphatic carboxylic acids is 1. The average molecular weight is 775 g/mol. The van der Waals surface area contributed by atoms with Crippen LogP contribution in [0.15, 0.2) is 36.4 Å². The van der Waals surface area contributed by atoms with Gasteiger partial charge < -0.3 is 24.1 Å². The number of carboxylic acids is 1. The number of carboxylic acid groups (broad SMARTS) is 1. The highest BCUT2D eigenvalue weighted by atomic mass is 19.4. The molecule has 0 bridgehead atoms. The second-order valence-electron chi connectivity index (χ2n) is 11.0. The summed E-state index contributed by atoms with van der Waals surface area (Å²) in [5, 5.41) is 29.2. The van der Waals surface area contributed by atoms with Crippen molar-refractivity contribution in [1.82, 2.24) is 0 Å². The first-order chi connectivity index (χ1) is 24.2. The summed E-state index contributed by atoms with van der Waals surface area (Å²) in [6.07, 6.45) is -9.23. The number of benzene rings is 2. The van der Waals surface area contributed by atoms with Crippen molar-refractivity contribution in [3.63, 3.8) is 0 Å². The van der Waals surface area contributed by atoms with E-state index in [1.54, 1.807) is 34.6 Å². The number of carbonyl (C=O) groups excluding carboxylic acids is 4. The summed E-state index contributed by atoms with van der Waals surface area (Å²) in [4.78, 5) is 68.8. The Kier molecular flexibility index (Phi) is 21.3. The molecule has 1 atom stereocenters. The van der Waals surface area contributed by atoms with E-state index in [2.05, 4.69) is 14.2 Å². The van der Waals surface area contributed by atoms with Crippen molar-refractivity contribution in [1.29, 1.82) is 0 Å². The lowest BCUT2D eigenvalue weighted by Gasteiger charge is -2.29. The molecular weight excluding hydrogens is 738 g/mol. The molecule has 0 aliphatic carbocycles. The van der Waals surface area contributed by atoms with E-state index in [1.165, 1.54) is 12.1 Å². The number of nitrogens with zero attached hydrogens (tertiary/aromatic N) is 2. The Bertz CT molecular complexity index is 1560. The Hall–Kier alpha value is -5.79. The Morgan fingerprint density at radius 3 is 1.55 bits per heavy atom. The summed E-state index contributed by atoms with van der Waals surface area (Å²) in [5.41, 5.74) is -1.29. The SMILES string of the molecule is CC(=O)O.CCOC(=O)C(c1ccc([N+](=O)[O-])c(OCC(F)(F)F)c1)C(C)(C)C.CCOC(=O)Cc1ccc([N+](=O)[O-])c(OCC(F)(F)F)c1.O=C=O. The third-order valence-electron chi connectivity index (χ3n) is 5.56. The monoisotopic (exact) mass is 774 g/mol. The zero-order chi connectivity index (χ0) is 41.7. The highest BCUT2D eigenvalue weighted by Crippen LogP contribution is 2.40. The van der Waals surface area contributed by atoms with Gasteiger partial charge in [0.15, 0.2) is 24.7 Å². The molecule has 0 amide bonds. The number of carbonyl (C=O) groups is 3. The van der Waals surface area contributed by atoms with Crippen molar-refractivity contribution < 1.29 is 84.2 Å². The predicted octanol–water partition coefficient (Wildman–Crippen LogP) is 6.38. The number of alkyl halides is 6. The maximum absolute atomic E-state index is 12.4. The van der Waals surface area contributed by atoms with E-state index in [9.17, 15) is 56.2 Å². The molecule has 0 aliphatic heterocycles. The van der Waals surface area contributed by atoms with Crippen LogP contribution in [0.3, 0.4) is 0 Å². The first-order valence-corrected chi connectivity index (χ1v) is 14.7. The lowest BCUT2D eigenvalue weighted by Crippen LogP contribution is -2.28. The van der Waals surface area contributed by atoms with Gasteiger partial charge in [-0.15, -0.1) is 0 Å². The first kappa shape index (κ1) is 49.3. The van der Waals surface area contributed by atoms with Crippen LogP contribution in [0, 0.1) is 25.6 Å². The van der Waals surface area contributed by atoms with Gasteiger partial charge in [0.2, 0.25) is 0 Å². The van der Waals surface area contributed by atoms with Crippen LogP contribution in [0.2, 0.25) is 0 Å². The minimum Gasteiger partial charge on any atom is -0.481 e. The molecule has 296 valence electrons. The van der Waals surface area contributed by atoms with Crippen LogP contribution >= 0.6 is 0 Å². The van der Waals surface area contributed by atoms with Gasteiger partial charge in [-0.3, -0.25) is 34.6 Å². The zero-order valence-corrected chi connectivity index (χ0v) is 29.0. The van der Waals surface area contributed by atoms with Crippen molar-refractivity contribution in [3.8, 4) is 11.5 Å². The van der Waals surface area contributed by atoms with Gasteiger partial charge in [-0.25, -0.2) is 0 Å². The molecule has 16 nitrogen and oxygen atoms in total. The quantitative estimate of drug-likeness (QED) is 0.107. The van der Waals surface area contributed by atoms with Gasteiger partial charge in [0.05, 0.1) is 35.4 Å². The summed E-state index contributed by atoms with van der Waals surface area (Å²) in [7, 11) is 0. The van der Waals surface area contributed by atoms with Gasteiger partial charge in [-0.05, 0) is 42.5 Å². The zero-order valence-electron chi connectivity index (χ0n) is 29.0. The van der Waals surface area contributed by atoms with Gasteiger partial charge >= 0.3 is 41.8 Å². The van der Waals surface area contributed by atoms with E-state index >= 15 is 0 Å². The molecule has 0 heterocycles. The molecule has 53 heavy (non-hydrogen) atoms. The normalized spacial score (nSPS) is 11.2. The molecule has 1 N–H and O–H groups in total. The van der Waals surface area contributed by atoms with E-state index in [-0.39, 0.29) is 36.9 Å². The maximum atomic E-state index is 12.4. The lowest BCUT2D eigenvalue weighted by atomic mass is 9.76. The van der Waals surface area contributed by atoms with E-state index in [0.717, 1.165) is 31.2 Å². The van der Waals surface area contributed by atoms with Crippen molar-refractivity contribution in [3.05, 3.63) is 67.8 Å². The fraction of sp³-hybridized carbons (Fsp3) is 0.484. The molecule has 0 saturated heterocycles. The molecule has 0 radical (unpaired) electrons. The number of nitro groups is 2. The number of hydrogen-bond acceptors (Lipinski definition) is 13. The van der Waals surface area contributed by atoms with Crippen LogP contribution in [0.4, 0.5) is 37.7 Å². The second kappa shape index (κ2) is 22.9. The average Bonchev–Trinajstić information content (AvgIpc) is 2.98. The van der Waals surface area contributed by atoms with Gasteiger partial charge in [0.1, 0.15) is 0 Å². The Labute approximate surface area is 297 Å². The third kappa shape index (κ3) is 21.9. The molecule has 1 unspecified atom stereocenters. The number of nitro benzene ring substituents is 2. The number of hydrogen-bond donors (Lipinski definition) is 1. The molecule has 0 aromatic heterocycles. The van der Waals surface area contributed by atoms with Crippen molar-refractivity contribution in [2.75, 3.05) is 26.4 Å². The Morgan fingerprint density at radius 2 is 1.19 bits per heavy atom. The van der Waals surface area contributed by atoms with Gasteiger partial charge in [0.25, 0.3) is 5.97 Å². The highest BCUT2D eigenvalue weighted by molar-refractivity contribution is 5.79. The summed E-state index contributed by atoms with van der Waals surface area (Å²) >= 11 is 0. The maximum Gasteiger partial charge on any atom is 0.422 e. The fourth-order valence-electron chi connectivity index (χ4n) is 3.82.